The van der Waals surface area contributed by atoms with Crippen molar-refractivity contribution in [2.24, 2.45) is 0 Å². The van der Waals surface area contributed by atoms with E-state index in [1.54, 1.807) is 18.2 Å². The first-order valence-electron chi connectivity index (χ1n) is 8.42. The predicted octanol–water partition coefficient (Wildman–Crippen LogP) is 1.64. The molecule has 0 bridgehead atoms. The normalized spacial score (nSPS) is 23.4. The van der Waals surface area contributed by atoms with Crippen LogP contribution in [0.25, 0.3) is 0 Å². The summed E-state index contributed by atoms with van der Waals surface area (Å²) in [6.45, 7) is 6.27. The molecule has 1 atom stereocenters. The summed E-state index contributed by atoms with van der Waals surface area (Å²) >= 11 is 0. The van der Waals surface area contributed by atoms with Gasteiger partial charge in [-0.2, -0.15) is 0 Å². The molecule has 5 nitrogen and oxygen atoms in total. The molecule has 1 aromatic carbocycles. The van der Waals surface area contributed by atoms with E-state index in [1.165, 1.54) is 38.6 Å². The topological polar surface area (TPSA) is 49.9 Å². The van der Waals surface area contributed by atoms with E-state index in [9.17, 15) is 8.42 Å². The van der Waals surface area contributed by atoms with Crippen LogP contribution in [0.5, 0.6) is 5.75 Å². The zero-order valence-corrected chi connectivity index (χ0v) is 14.6. The summed E-state index contributed by atoms with van der Waals surface area (Å²) in [5, 5.41) is 0. The number of likely N-dealkylation sites (tertiary alicyclic amines) is 2. The molecule has 0 amide bonds. The van der Waals surface area contributed by atoms with Crippen molar-refractivity contribution in [1.29, 1.82) is 0 Å². The molecule has 2 heterocycles. The van der Waals surface area contributed by atoms with Gasteiger partial charge < -0.3 is 4.74 Å². The molecule has 0 saturated carbocycles. The van der Waals surface area contributed by atoms with Crippen molar-refractivity contribution in [1.82, 2.24) is 9.80 Å². The van der Waals surface area contributed by atoms with Crippen LogP contribution in [0.2, 0.25) is 0 Å². The molecule has 128 valence electrons. The second kappa shape index (κ2) is 7.20. The van der Waals surface area contributed by atoms with Gasteiger partial charge in [0.1, 0.15) is 12.4 Å². The lowest BCUT2D eigenvalue weighted by Gasteiger charge is -2.23. The predicted molar refractivity (Wildman–Crippen MR) is 90.7 cm³/mol. The summed E-state index contributed by atoms with van der Waals surface area (Å²) < 4.78 is 28.9. The van der Waals surface area contributed by atoms with Gasteiger partial charge >= 0.3 is 0 Å². The van der Waals surface area contributed by atoms with Crippen LogP contribution < -0.4 is 4.74 Å². The lowest BCUT2D eigenvalue weighted by molar-refractivity contribution is 0.207. The Morgan fingerprint density at radius 3 is 2.74 bits per heavy atom. The largest absolute Gasteiger partial charge is 0.492 e. The lowest BCUT2D eigenvalue weighted by atomic mass is 10.2. The highest BCUT2D eigenvalue weighted by molar-refractivity contribution is 7.90. The molecular formula is C17H26N2O3S. The van der Waals surface area contributed by atoms with Crippen molar-refractivity contribution in [2.75, 3.05) is 45.6 Å². The smallest absolute Gasteiger partial charge is 0.175 e. The van der Waals surface area contributed by atoms with Crippen molar-refractivity contribution in [2.45, 2.75) is 30.2 Å². The molecule has 2 fully saturated rings. The quantitative estimate of drug-likeness (QED) is 0.789. The number of hydrogen-bond donors (Lipinski definition) is 0. The van der Waals surface area contributed by atoms with Crippen LogP contribution in [0.4, 0.5) is 0 Å². The zero-order chi connectivity index (χ0) is 16.3. The molecule has 0 N–H and O–H groups in total. The van der Waals surface area contributed by atoms with Gasteiger partial charge in [0.25, 0.3) is 0 Å². The van der Waals surface area contributed by atoms with Crippen LogP contribution in [0.15, 0.2) is 29.2 Å². The fourth-order valence-electron chi connectivity index (χ4n) is 3.51. The summed E-state index contributed by atoms with van der Waals surface area (Å²) in [6, 6.07) is 7.46. The van der Waals surface area contributed by atoms with E-state index < -0.39 is 9.84 Å². The Hall–Kier alpha value is -1.11. The summed E-state index contributed by atoms with van der Waals surface area (Å²) in [5.74, 6) is 0.628. The highest BCUT2D eigenvalue weighted by Crippen LogP contribution is 2.21. The van der Waals surface area contributed by atoms with E-state index in [2.05, 4.69) is 9.80 Å². The Morgan fingerprint density at radius 2 is 2.00 bits per heavy atom. The van der Waals surface area contributed by atoms with Crippen molar-refractivity contribution < 1.29 is 13.2 Å². The van der Waals surface area contributed by atoms with Crippen LogP contribution >= 0.6 is 0 Å². The first-order valence-corrected chi connectivity index (χ1v) is 10.3. The number of ether oxygens (including phenoxy) is 1. The minimum Gasteiger partial charge on any atom is -0.492 e. The van der Waals surface area contributed by atoms with E-state index in [1.807, 2.05) is 6.07 Å². The first-order chi connectivity index (χ1) is 11.0. The van der Waals surface area contributed by atoms with Gasteiger partial charge in [0.05, 0.1) is 4.90 Å². The molecule has 0 radical (unpaired) electrons. The molecule has 0 aromatic heterocycles. The van der Waals surface area contributed by atoms with E-state index >= 15 is 0 Å². The highest BCUT2D eigenvalue weighted by Gasteiger charge is 2.28. The Morgan fingerprint density at radius 1 is 1.22 bits per heavy atom. The van der Waals surface area contributed by atoms with E-state index in [4.69, 9.17) is 4.74 Å². The number of sulfone groups is 1. The SMILES string of the molecule is CS(=O)(=O)c1cccc(OCCN2CCC(N3CCCC3)C2)c1. The number of nitrogens with zero attached hydrogens (tertiary/aromatic N) is 2. The van der Waals surface area contributed by atoms with Crippen LogP contribution in [0, 0.1) is 0 Å². The van der Waals surface area contributed by atoms with Crippen LogP contribution in [0.3, 0.4) is 0 Å². The van der Waals surface area contributed by atoms with Gasteiger partial charge in [-0.05, 0) is 57.1 Å². The Kier molecular flexibility index (Phi) is 5.24. The molecule has 1 aromatic rings. The number of rotatable bonds is 6. The van der Waals surface area contributed by atoms with Crippen molar-refractivity contribution >= 4 is 9.84 Å². The monoisotopic (exact) mass is 338 g/mol. The standard InChI is InChI=1S/C17H26N2O3S/c1-23(20,21)17-6-4-5-16(13-17)22-12-11-18-10-7-15(14-18)19-8-2-3-9-19/h4-6,13,15H,2-3,7-12,14H2,1H3. The van der Waals surface area contributed by atoms with Crippen LogP contribution in [-0.4, -0.2) is 69.8 Å². The number of hydrogen-bond acceptors (Lipinski definition) is 5. The van der Waals surface area contributed by atoms with Crippen molar-refractivity contribution in [3.05, 3.63) is 24.3 Å². The average molecular weight is 338 g/mol. The average Bonchev–Trinajstić information content (AvgIpc) is 3.18. The Bertz CT molecular complexity index is 626. The second-order valence-electron chi connectivity index (χ2n) is 6.58. The van der Waals surface area contributed by atoms with Gasteiger partial charge in [0.15, 0.2) is 9.84 Å². The third-order valence-electron chi connectivity index (χ3n) is 4.81. The van der Waals surface area contributed by atoms with Gasteiger partial charge in [-0.1, -0.05) is 6.07 Å². The molecule has 6 heteroatoms. The maximum atomic E-state index is 11.6. The van der Waals surface area contributed by atoms with Crippen LogP contribution in [-0.2, 0) is 9.84 Å². The highest BCUT2D eigenvalue weighted by atomic mass is 32.2. The lowest BCUT2D eigenvalue weighted by Crippen LogP contribution is -2.36. The first kappa shape index (κ1) is 16.7. The van der Waals surface area contributed by atoms with Gasteiger partial charge in [-0.15, -0.1) is 0 Å². The molecule has 2 saturated heterocycles. The molecule has 0 aliphatic carbocycles. The summed E-state index contributed by atoms with van der Waals surface area (Å²) in [5.41, 5.74) is 0. The molecule has 23 heavy (non-hydrogen) atoms. The van der Waals surface area contributed by atoms with Gasteiger partial charge in [-0.3, -0.25) is 9.80 Å². The summed E-state index contributed by atoms with van der Waals surface area (Å²) in [6.07, 6.45) is 5.16. The Labute approximate surface area is 139 Å². The maximum absolute atomic E-state index is 11.6. The molecule has 3 rings (SSSR count). The maximum Gasteiger partial charge on any atom is 0.175 e. The molecular weight excluding hydrogens is 312 g/mol. The van der Waals surface area contributed by atoms with E-state index in [-0.39, 0.29) is 0 Å². The summed E-state index contributed by atoms with van der Waals surface area (Å²) in [7, 11) is -3.18. The molecule has 2 aliphatic rings. The minimum atomic E-state index is -3.18. The number of benzene rings is 1. The van der Waals surface area contributed by atoms with Crippen molar-refractivity contribution in [3.8, 4) is 5.75 Å². The fourth-order valence-corrected chi connectivity index (χ4v) is 4.16. The summed E-state index contributed by atoms with van der Waals surface area (Å²) in [4.78, 5) is 5.38. The van der Waals surface area contributed by atoms with E-state index in [0.29, 0.717) is 23.3 Å². The van der Waals surface area contributed by atoms with Gasteiger partial charge in [0, 0.05) is 25.4 Å². The van der Waals surface area contributed by atoms with Crippen molar-refractivity contribution in [3.63, 3.8) is 0 Å². The third kappa shape index (κ3) is 4.46. The molecule has 1 unspecified atom stereocenters. The molecule has 0 spiro atoms. The zero-order valence-electron chi connectivity index (χ0n) is 13.8. The van der Waals surface area contributed by atoms with Gasteiger partial charge in [0.2, 0.25) is 0 Å². The van der Waals surface area contributed by atoms with Crippen LogP contribution in [0.1, 0.15) is 19.3 Å². The van der Waals surface area contributed by atoms with E-state index in [0.717, 1.165) is 19.6 Å². The van der Waals surface area contributed by atoms with Gasteiger partial charge in [-0.25, -0.2) is 8.42 Å². The Balaban J connectivity index is 1.45. The fraction of sp³-hybridized carbons (Fsp3) is 0.647. The second-order valence-corrected chi connectivity index (χ2v) is 8.60. The molecule has 2 aliphatic heterocycles. The minimum absolute atomic E-state index is 0.310. The third-order valence-corrected chi connectivity index (χ3v) is 5.92.